The molecule has 0 aromatic heterocycles. The summed E-state index contributed by atoms with van der Waals surface area (Å²) < 4.78 is 5.96. The van der Waals surface area contributed by atoms with Crippen molar-refractivity contribution in [1.82, 2.24) is 0 Å². The van der Waals surface area contributed by atoms with Gasteiger partial charge in [-0.05, 0) is 36.1 Å². The first kappa shape index (κ1) is 22.4. The van der Waals surface area contributed by atoms with E-state index in [-0.39, 0.29) is 34.6 Å². The molecule has 0 bridgehead atoms. The smallest absolute Gasteiger partial charge is 0.339 e. The minimum atomic E-state index is -1.68. The molecule has 2 aliphatic heterocycles. The lowest BCUT2D eigenvalue weighted by molar-refractivity contribution is -0.138. The van der Waals surface area contributed by atoms with Crippen LogP contribution in [0.15, 0.2) is 75.7 Å². The Bertz CT molecular complexity index is 1340. The molecule has 1 aliphatic carbocycles. The van der Waals surface area contributed by atoms with Gasteiger partial charge in [0.2, 0.25) is 5.91 Å². The van der Waals surface area contributed by atoms with Crippen molar-refractivity contribution in [2.24, 2.45) is 11.1 Å². The Hall–Kier alpha value is -3.39. The second kappa shape index (κ2) is 7.56. The molecule has 174 valence electrons. The van der Waals surface area contributed by atoms with Gasteiger partial charge in [-0.25, -0.2) is 4.79 Å². The number of halogens is 1. The number of nitrogens with zero attached hydrogens (tertiary/aromatic N) is 1. The normalized spacial score (nSPS) is 23.1. The largest absolute Gasteiger partial charge is 0.466 e. The first-order valence-electron chi connectivity index (χ1n) is 10.9. The first-order valence-corrected chi connectivity index (χ1v) is 11.7. The zero-order valence-corrected chi connectivity index (χ0v) is 20.7. The third-order valence-electron chi connectivity index (χ3n) is 6.75. The van der Waals surface area contributed by atoms with Crippen LogP contribution in [0.2, 0.25) is 0 Å². The quantitative estimate of drug-likeness (QED) is 0.575. The monoisotopic (exact) mass is 521 g/mol. The van der Waals surface area contributed by atoms with E-state index < -0.39 is 17.3 Å². The number of rotatable bonds is 2. The van der Waals surface area contributed by atoms with Gasteiger partial charge in [0.1, 0.15) is 16.8 Å². The van der Waals surface area contributed by atoms with E-state index in [4.69, 9.17) is 10.5 Å². The number of ether oxygens (including phenoxy) is 1. The fraction of sp³-hybridized carbons (Fsp3) is 0.269. The number of hydrogen-bond donors (Lipinski definition) is 2. The maximum absolute atomic E-state index is 13.9. The average Bonchev–Trinajstić information content (AvgIpc) is 3.04. The summed E-state index contributed by atoms with van der Waals surface area (Å²) in [5, 5.41) is 2.88. The molecule has 1 spiro atoms. The van der Waals surface area contributed by atoms with Crippen LogP contribution in [0.3, 0.4) is 0 Å². The molecule has 1 unspecified atom stereocenters. The van der Waals surface area contributed by atoms with Crippen molar-refractivity contribution in [3.63, 3.8) is 0 Å². The van der Waals surface area contributed by atoms with Crippen LogP contribution in [-0.4, -0.2) is 24.8 Å². The minimum Gasteiger partial charge on any atom is -0.466 e. The standard InChI is InChI=1S/C26H24BrN3O4/c1-25(2)12-18-20(19(31)13-25)26(16-9-4-5-10-17(16)29-24(26)33)21(23(32)34-3)22(28)30(18)15-8-6-7-14(27)11-15/h4-11H,12-13,28H2,1-3H3,(H,29,33). The van der Waals surface area contributed by atoms with Crippen molar-refractivity contribution in [1.29, 1.82) is 0 Å². The Morgan fingerprint density at radius 1 is 1.12 bits per heavy atom. The number of para-hydroxylation sites is 1. The molecular formula is C26H24BrN3O4. The van der Waals surface area contributed by atoms with Crippen LogP contribution < -0.4 is 16.0 Å². The summed E-state index contributed by atoms with van der Waals surface area (Å²) >= 11 is 3.50. The SMILES string of the molecule is COC(=O)C1=C(N)N(c2cccc(Br)c2)C2=C(C(=O)CC(C)(C)C2)C12C(=O)Nc1ccccc12. The molecule has 8 heteroatoms. The van der Waals surface area contributed by atoms with Gasteiger partial charge in [0.15, 0.2) is 5.78 Å². The Labute approximate surface area is 205 Å². The van der Waals surface area contributed by atoms with Crippen molar-refractivity contribution >= 4 is 45.0 Å². The highest BCUT2D eigenvalue weighted by molar-refractivity contribution is 9.10. The zero-order chi connectivity index (χ0) is 24.4. The van der Waals surface area contributed by atoms with E-state index in [0.29, 0.717) is 29.1 Å². The van der Waals surface area contributed by atoms with Crippen LogP contribution >= 0.6 is 15.9 Å². The zero-order valence-electron chi connectivity index (χ0n) is 19.1. The molecule has 2 heterocycles. The number of carbonyl (C=O) groups excluding carboxylic acids is 3. The number of amides is 1. The molecule has 0 saturated carbocycles. The lowest BCUT2D eigenvalue weighted by Gasteiger charge is -2.47. The van der Waals surface area contributed by atoms with Gasteiger partial charge in [-0.3, -0.25) is 14.5 Å². The van der Waals surface area contributed by atoms with Gasteiger partial charge in [0.05, 0.1) is 7.11 Å². The Morgan fingerprint density at radius 2 is 1.85 bits per heavy atom. The van der Waals surface area contributed by atoms with Gasteiger partial charge in [0.25, 0.3) is 0 Å². The van der Waals surface area contributed by atoms with Crippen LogP contribution in [0.1, 0.15) is 32.3 Å². The summed E-state index contributed by atoms with van der Waals surface area (Å²) in [7, 11) is 1.24. The van der Waals surface area contributed by atoms with E-state index in [2.05, 4.69) is 21.2 Å². The summed E-state index contributed by atoms with van der Waals surface area (Å²) in [5.74, 6) is -1.35. The maximum atomic E-state index is 13.9. The van der Waals surface area contributed by atoms with Crippen LogP contribution in [-0.2, 0) is 24.5 Å². The second-order valence-corrected chi connectivity index (χ2v) is 10.5. The predicted octanol–water partition coefficient (Wildman–Crippen LogP) is 4.15. The molecule has 2 aromatic rings. The van der Waals surface area contributed by atoms with Gasteiger partial charge in [-0.2, -0.15) is 0 Å². The number of nitrogens with one attached hydrogen (secondary N) is 1. The highest BCUT2D eigenvalue weighted by atomic mass is 79.9. The summed E-state index contributed by atoms with van der Waals surface area (Å²) in [4.78, 5) is 42.8. The van der Waals surface area contributed by atoms with E-state index in [1.807, 2.05) is 38.1 Å². The van der Waals surface area contributed by atoms with Crippen LogP contribution in [0.5, 0.6) is 0 Å². The highest BCUT2D eigenvalue weighted by Crippen LogP contribution is 2.57. The third kappa shape index (κ3) is 2.98. The second-order valence-electron chi connectivity index (χ2n) is 9.58. The molecule has 0 saturated heterocycles. The number of benzene rings is 2. The van der Waals surface area contributed by atoms with Crippen molar-refractivity contribution in [2.45, 2.75) is 32.1 Å². The molecule has 1 atom stereocenters. The van der Waals surface area contributed by atoms with Crippen LogP contribution in [0, 0.1) is 5.41 Å². The summed E-state index contributed by atoms with van der Waals surface area (Å²) in [5.41, 5.74) is 7.31. The third-order valence-corrected chi connectivity index (χ3v) is 7.24. The summed E-state index contributed by atoms with van der Waals surface area (Å²) in [6.45, 7) is 4.03. The molecule has 3 N–H and O–H groups in total. The van der Waals surface area contributed by atoms with Crippen molar-refractivity contribution in [3.8, 4) is 0 Å². The number of esters is 1. The number of hydrogen-bond acceptors (Lipinski definition) is 6. The molecule has 5 rings (SSSR count). The predicted molar refractivity (Wildman–Crippen MR) is 132 cm³/mol. The number of anilines is 2. The number of allylic oxidation sites excluding steroid dienone is 1. The Balaban J connectivity index is 1.93. The van der Waals surface area contributed by atoms with Gasteiger partial charge in [0, 0.05) is 39.1 Å². The fourth-order valence-electron chi connectivity index (χ4n) is 5.50. The van der Waals surface area contributed by atoms with Crippen molar-refractivity contribution < 1.29 is 19.1 Å². The number of ketones is 1. The van der Waals surface area contributed by atoms with E-state index >= 15 is 0 Å². The molecule has 0 fully saturated rings. The number of methoxy groups -OCH3 is 1. The lowest BCUT2D eigenvalue weighted by Crippen LogP contribution is -2.54. The van der Waals surface area contributed by atoms with E-state index in [0.717, 1.165) is 4.47 Å². The van der Waals surface area contributed by atoms with Gasteiger partial charge in [-0.15, -0.1) is 0 Å². The summed E-state index contributed by atoms with van der Waals surface area (Å²) in [6, 6.07) is 14.5. The van der Waals surface area contributed by atoms with E-state index in [9.17, 15) is 14.4 Å². The number of fused-ring (bicyclic) bond motifs is 3. The molecule has 0 radical (unpaired) electrons. The lowest BCUT2D eigenvalue weighted by atomic mass is 9.60. The molecule has 2 aromatic carbocycles. The Kier molecular flexibility index (Phi) is 4.98. The maximum Gasteiger partial charge on any atom is 0.339 e. The van der Waals surface area contributed by atoms with Gasteiger partial charge >= 0.3 is 5.97 Å². The number of nitrogens with two attached hydrogens (primary N) is 1. The van der Waals surface area contributed by atoms with Crippen LogP contribution in [0.4, 0.5) is 11.4 Å². The average molecular weight is 522 g/mol. The molecular weight excluding hydrogens is 498 g/mol. The first-order chi connectivity index (χ1) is 16.1. The Morgan fingerprint density at radius 3 is 2.56 bits per heavy atom. The van der Waals surface area contributed by atoms with Gasteiger partial charge in [-0.1, -0.05) is 54.0 Å². The molecule has 34 heavy (non-hydrogen) atoms. The topological polar surface area (TPSA) is 102 Å². The fourth-order valence-corrected chi connectivity index (χ4v) is 5.89. The number of Topliss-reactive ketones (excluding diaryl/α,β-unsaturated/α-hetero) is 1. The van der Waals surface area contributed by atoms with Gasteiger partial charge < -0.3 is 15.8 Å². The van der Waals surface area contributed by atoms with Crippen molar-refractivity contribution in [3.05, 3.63) is 81.2 Å². The number of carbonyl (C=O) groups is 3. The van der Waals surface area contributed by atoms with Crippen LogP contribution in [0.25, 0.3) is 0 Å². The highest BCUT2D eigenvalue weighted by Gasteiger charge is 2.62. The molecule has 3 aliphatic rings. The minimum absolute atomic E-state index is 0.0516. The van der Waals surface area contributed by atoms with E-state index in [1.165, 1.54) is 7.11 Å². The molecule has 7 nitrogen and oxygen atoms in total. The van der Waals surface area contributed by atoms with E-state index in [1.54, 1.807) is 29.2 Å². The summed E-state index contributed by atoms with van der Waals surface area (Å²) in [6.07, 6.45) is 0.733. The van der Waals surface area contributed by atoms with Crippen molar-refractivity contribution in [2.75, 3.05) is 17.3 Å². The molecule has 1 amide bonds.